The molecule has 3 aliphatic heterocycles. The number of para-hydroxylation sites is 1. The number of aliphatic hydroxyl groups excluding tert-OH is 1. The number of aliphatic hydroxyl groups is 1. The first kappa shape index (κ1) is 23.9. The van der Waals surface area contributed by atoms with Crippen LogP contribution in [0.3, 0.4) is 0 Å². The van der Waals surface area contributed by atoms with E-state index in [2.05, 4.69) is 0 Å². The molecule has 2 aromatic carbocycles. The number of amides is 2. The quantitative estimate of drug-likeness (QED) is 0.360. The van der Waals surface area contributed by atoms with Crippen molar-refractivity contribution in [3.63, 3.8) is 0 Å². The molecule has 0 aliphatic carbocycles. The summed E-state index contributed by atoms with van der Waals surface area (Å²) < 4.78 is 16.4. The molecule has 0 unspecified atom stereocenters. The fourth-order valence-corrected chi connectivity index (χ4v) is 5.22. The molecule has 1 atom stereocenters. The lowest BCUT2D eigenvalue weighted by Crippen LogP contribution is -2.52. The largest absolute Gasteiger partial charge is 0.507 e. The lowest BCUT2D eigenvalue weighted by Gasteiger charge is -2.34. The van der Waals surface area contributed by atoms with Gasteiger partial charge in [0.2, 0.25) is 0 Å². The Labute approximate surface area is 208 Å². The van der Waals surface area contributed by atoms with Gasteiger partial charge in [0.1, 0.15) is 19.0 Å². The number of anilines is 1. The lowest BCUT2D eigenvalue weighted by molar-refractivity contribution is -0.144. The van der Waals surface area contributed by atoms with Crippen LogP contribution in [-0.4, -0.2) is 67.6 Å². The normalized spacial score (nSPS) is 22.0. The van der Waals surface area contributed by atoms with Gasteiger partial charge < -0.3 is 29.1 Å². The summed E-state index contributed by atoms with van der Waals surface area (Å²) in [4.78, 5) is 44.1. The maximum Gasteiger partial charge on any atom is 0.296 e. The number of carbonyl (C=O) groups excluding carboxylic acids is 3. The van der Waals surface area contributed by atoms with Crippen LogP contribution in [0.15, 0.2) is 48.0 Å². The van der Waals surface area contributed by atoms with Gasteiger partial charge in [-0.05, 0) is 30.7 Å². The first-order valence-electron chi connectivity index (χ1n) is 12.1. The number of hydrogen-bond acceptors (Lipinski definition) is 7. The SMILES string of the molecule is CCCCN1C(=O)[C@]2(/C(=C(\O)c3ccc4c(c3)OCCO4)C(=O)C(=O)N2CCOC)c2ccccc21. The third kappa shape index (κ3) is 3.37. The zero-order valence-electron chi connectivity index (χ0n) is 20.3. The molecule has 3 aliphatic rings. The van der Waals surface area contributed by atoms with Crippen LogP contribution in [0.2, 0.25) is 0 Å². The predicted molar refractivity (Wildman–Crippen MR) is 131 cm³/mol. The number of likely N-dealkylation sites (tertiary alicyclic amines) is 1. The molecule has 1 fully saturated rings. The highest BCUT2D eigenvalue weighted by Gasteiger charge is 2.66. The molecule has 1 saturated heterocycles. The van der Waals surface area contributed by atoms with Crippen molar-refractivity contribution in [2.75, 3.05) is 44.9 Å². The number of unbranched alkanes of at least 4 members (excludes halogenated alkanes) is 1. The third-order valence-electron chi connectivity index (χ3n) is 6.88. The van der Waals surface area contributed by atoms with Gasteiger partial charge in [0, 0.05) is 31.3 Å². The van der Waals surface area contributed by atoms with Crippen LogP contribution in [0.1, 0.15) is 30.9 Å². The maximum atomic E-state index is 14.3. The van der Waals surface area contributed by atoms with Crippen LogP contribution in [-0.2, 0) is 24.7 Å². The minimum Gasteiger partial charge on any atom is -0.507 e. The van der Waals surface area contributed by atoms with Crippen molar-refractivity contribution in [1.82, 2.24) is 4.90 Å². The van der Waals surface area contributed by atoms with E-state index in [4.69, 9.17) is 14.2 Å². The average molecular weight is 493 g/mol. The van der Waals surface area contributed by atoms with Crippen LogP contribution in [0, 0.1) is 0 Å². The summed E-state index contributed by atoms with van der Waals surface area (Å²) in [5.41, 5.74) is -0.694. The molecule has 0 bridgehead atoms. The Bertz CT molecular complexity index is 1270. The second-order valence-corrected chi connectivity index (χ2v) is 8.90. The molecule has 1 spiro atoms. The molecular weight excluding hydrogens is 464 g/mol. The minimum absolute atomic E-state index is 0.000679. The number of ether oxygens (including phenoxy) is 3. The lowest BCUT2D eigenvalue weighted by atomic mass is 9.82. The molecule has 36 heavy (non-hydrogen) atoms. The Morgan fingerprint density at radius 1 is 1.06 bits per heavy atom. The topological polar surface area (TPSA) is 106 Å². The number of carbonyl (C=O) groups is 3. The summed E-state index contributed by atoms with van der Waals surface area (Å²) in [6.07, 6.45) is 1.60. The molecule has 9 heteroatoms. The molecule has 1 N–H and O–H groups in total. The molecule has 0 saturated carbocycles. The van der Waals surface area contributed by atoms with Gasteiger partial charge in [-0.2, -0.15) is 0 Å². The van der Waals surface area contributed by atoms with Crippen molar-refractivity contribution < 1.29 is 33.7 Å². The van der Waals surface area contributed by atoms with E-state index in [-0.39, 0.29) is 24.3 Å². The van der Waals surface area contributed by atoms with Gasteiger partial charge in [-0.1, -0.05) is 31.5 Å². The van der Waals surface area contributed by atoms with Crippen molar-refractivity contribution in [3.05, 3.63) is 59.2 Å². The van der Waals surface area contributed by atoms with E-state index < -0.39 is 28.9 Å². The van der Waals surface area contributed by atoms with Gasteiger partial charge in [-0.3, -0.25) is 14.4 Å². The summed E-state index contributed by atoms with van der Waals surface area (Å²) in [5.74, 6) is -1.72. The van der Waals surface area contributed by atoms with E-state index in [1.165, 1.54) is 12.0 Å². The van der Waals surface area contributed by atoms with E-state index in [0.717, 1.165) is 12.8 Å². The summed E-state index contributed by atoms with van der Waals surface area (Å²) in [6, 6.07) is 11.9. The number of rotatable bonds is 7. The Morgan fingerprint density at radius 3 is 2.56 bits per heavy atom. The highest BCUT2D eigenvalue weighted by atomic mass is 16.6. The Balaban J connectivity index is 1.76. The van der Waals surface area contributed by atoms with Crippen molar-refractivity contribution in [3.8, 4) is 11.5 Å². The van der Waals surface area contributed by atoms with E-state index in [1.54, 1.807) is 41.3 Å². The zero-order chi connectivity index (χ0) is 25.4. The van der Waals surface area contributed by atoms with Gasteiger partial charge >= 0.3 is 0 Å². The van der Waals surface area contributed by atoms with Crippen LogP contribution < -0.4 is 14.4 Å². The fraction of sp³-hybridized carbons (Fsp3) is 0.370. The smallest absolute Gasteiger partial charge is 0.296 e. The molecule has 0 aromatic heterocycles. The predicted octanol–water partition coefficient (Wildman–Crippen LogP) is 2.83. The van der Waals surface area contributed by atoms with Crippen molar-refractivity contribution in [2.24, 2.45) is 0 Å². The number of fused-ring (bicyclic) bond motifs is 3. The van der Waals surface area contributed by atoms with Crippen molar-refractivity contribution in [2.45, 2.75) is 25.3 Å². The Morgan fingerprint density at radius 2 is 1.81 bits per heavy atom. The van der Waals surface area contributed by atoms with Crippen LogP contribution in [0.5, 0.6) is 11.5 Å². The third-order valence-corrected chi connectivity index (χ3v) is 6.88. The number of hydrogen-bond donors (Lipinski definition) is 1. The van der Waals surface area contributed by atoms with Crippen LogP contribution in [0.25, 0.3) is 5.76 Å². The van der Waals surface area contributed by atoms with Gasteiger partial charge in [-0.15, -0.1) is 0 Å². The Kier molecular flexibility index (Phi) is 6.17. The minimum atomic E-state index is -1.80. The molecule has 9 nitrogen and oxygen atoms in total. The second-order valence-electron chi connectivity index (χ2n) is 8.90. The van der Waals surface area contributed by atoms with Crippen molar-refractivity contribution in [1.29, 1.82) is 0 Å². The van der Waals surface area contributed by atoms with E-state index in [0.29, 0.717) is 42.5 Å². The summed E-state index contributed by atoms with van der Waals surface area (Å²) in [7, 11) is 1.48. The molecule has 3 heterocycles. The first-order chi connectivity index (χ1) is 17.5. The number of benzene rings is 2. The number of methoxy groups -OCH3 is 1. The molecule has 2 aromatic rings. The second kappa shape index (κ2) is 9.31. The van der Waals surface area contributed by atoms with Gasteiger partial charge in [0.05, 0.1) is 17.9 Å². The number of Topliss-reactive ketones (excluding diaryl/α,β-unsaturated/α-hetero) is 1. The van der Waals surface area contributed by atoms with Crippen molar-refractivity contribution >= 4 is 29.0 Å². The van der Waals surface area contributed by atoms with Gasteiger partial charge in [0.25, 0.3) is 17.6 Å². The molecule has 0 radical (unpaired) electrons. The number of nitrogens with zero attached hydrogens (tertiary/aromatic N) is 2. The summed E-state index contributed by atoms with van der Waals surface area (Å²) in [6.45, 7) is 3.31. The summed E-state index contributed by atoms with van der Waals surface area (Å²) >= 11 is 0. The van der Waals surface area contributed by atoms with Gasteiger partial charge in [0.15, 0.2) is 17.0 Å². The molecule has 2 amide bonds. The number of ketones is 1. The fourth-order valence-electron chi connectivity index (χ4n) is 5.22. The highest BCUT2D eigenvalue weighted by molar-refractivity contribution is 6.50. The molecule has 188 valence electrons. The first-order valence-corrected chi connectivity index (χ1v) is 12.1. The standard InChI is InChI=1S/C27H28N2O7/c1-3-4-11-28-19-8-6-5-7-18(19)27(26(28)33)22(24(31)25(32)29(27)12-13-34-2)23(30)17-9-10-20-21(16-17)36-15-14-35-20/h5-10,16,30H,3-4,11-15H2,1-2H3/b23-22-/t27-/m1/s1. The molecule has 5 rings (SSSR count). The monoisotopic (exact) mass is 492 g/mol. The van der Waals surface area contributed by atoms with E-state index >= 15 is 0 Å². The maximum absolute atomic E-state index is 14.3. The Hall–Kier alpha value is -3.85. The highest BCUT2D eigenvalue weighted by Crippen LogP contribution is 2.53. The molecular formula is C27H28N2O7. The van der Waals surface area contributed by atoms with Crippen LogP contribution in [0.4, 0.5) is 5.69 Å². The zero-order valence-corrected chi connectivity index (χ0v) is 20.3. The van der Waals surface area contributed by atoms with Gasteiger partial charge in [-0.25, -0.2) is 0 Å². The van der Waals surface area contributed by atoms with E-state index in [1.807, 2.05) is 13.0 Å². The van der Waals surface area contributed by atoms with E-state index in [9.17, 15) is 19.5 Å². The summed E-state index contributed by atoms with van der Waals surface area (Å²) in [5, 5.41) is 11.6. The van der Waals surface area contributed by atoms with Crippen LogP contribution >= 0.6 is 0 Å². The average Bonchev–Trinajstić information content (AvgIpc) is 3.28.